The van der Waals surface area contributed by atoms with E-state index in [1.54, 1.807) is 18.2 Å². The van der Waals surface area contributed by atoms with Crippen LogP contribution < -0.4 is 10.6 Å². The number of nitro benzene ring substituents is 1. The van der Waals surface area contributed by atoms with Crippen molar-refractivity contribution < 1.29 is 18.1 Å². The Morgan fingerprint density at radius 3 is 2.23 bits per heavy atom. The molecule has 31 heavy (non-hydrogen) atoms. The molecule has 0 aliphatic heterocycles. The van der Waals surface area contributed by atoms with Crippen LogP contribution >= 0.6 is 0 Å². The molecule has 3 aromatic carbocycles. The molecule has 0 saturated carbocycles. The zero-order valence-electron chi connectivity index (χ0n) is 16.5. The molecule has 2 N–H and O–H groups in total. The Morgan fingerprint density at radius 2 is 1.58 bits per heavy atom. The molecule has 0 heterocycles. The Balaban J connectivity index is 1.64. The Kier molecular flexibility index (Phi) is 6.99. The van der Waals surface area contributed by atoms with Crippen molar-refractivity contribution in [3.8, 4) is 0 Å². The first-order valence-corrected chi connectivity index (χ1v) is 11.1. The van der Waals surface area contributed by atoms with E-state index in [2.05, 4.69) is 10.6 Å². The van der Waals surface area contributed by atoms with Gasteiger partial charge in [-0.15, -0.1) is 0 Å². The first-order valence-electron chi connectivity index (χ1n) is 9.49. The van der Waals surface area contributed by atoms with Crippen molar-refractivity contribution in [2.45, 2.75) is 11.4 Å². The van der Waals surface area contributed by atoms with Crippen molar-refractivity contribution in [2.75, 3.05) is 17.6 Å². The number of carbonyl (C=O) groups is 1. The fourth-order valence-corrected chi connectivity index (χ4v) is 4.09. The van der Waals surface area contributed by atoms with Gasteiger partial charge in [-0.2, -0.15) is 0 Å². The number of nitrogens with one attached hydrogen (secondary N) is 2. The molecule has 8 nitrogen and oxygen atoms in total. The Morgan fingerprint density at radius 1 is 0.935 bits per heavy atom. The minimum Gasteiger partial charge on any atom is -0.375 e. The molecule has 0 aliphatic carbocycles. The minimum absolute atomic E-state index is 0.0778. The van der Waals surface area contributed by atoms with E-state index >= 15 is 0 Å². The number of anilines is 1. The third-order valence-electron chi connectivity index (χ3n) is 4.54. The fraction of sp³-hybridized carbons (Fsp3) is 0.136. The van der Waals surface area contributed by atoms with E-state index in [1.807, 2.05) is 30.3 Å². The highest BCUT2D eigenvalue weighted by molar-refractivity contribution is 7.91. The maximum Gasteiger partial charge on any atom is 0.293 e. The van der Waals surface area contributed by atoms with Gasteiger partial charge in [0.15, 0.2) is 9.84 Å². The van der Waals surface area contributed by atoms with Crippen LogP contribution in [-0.4, -0.2) is 31.5 Å². The summed E-state index contributed by atoms with van der Waals surface area (Å²) in [4.78, 5) is 23.5. The van der Waals surface area contributed by atoms with Gasteiger partial charge in [0, 0.05) is 24.7 Å². The number of nitro groups is 1. The predicted molar refractivity (Wildman–Crippen MR) is 118 cm³/mol. The highest BCUT2D eigenvalue weighted by atomic mass is 32.2. The Bertz CT molecular complexity index is 1170. The van der Waals surface area contributed by atoms with Crippen molar-refractivity contribution >= 4 is 27.1 Å². The quantitative estimate of drug-likeness (QED) is 0.390. The number of sulfone groups is 1. The molecule has 0 fully saturated rings. The first-order chi connectivity index (χ1) is 14.9. The number of nitrogens with zero attached hydrogens (tertiary/aromatic N) is 1. The molecule has 9 heteroatoms. The van der Waals surface area contributed by atoms with Crippen LogP contribution in [0.1, 0.15) is 15.9 Å². The molecular weight excluding hydrogens is 418 g/mol. The standard InChI is InChI=1S/C22H21N3O5S/c26-22(23-13-14-31(29,30)19-9-5-2-6-10-19)18-11-12-20(21(15-18)25(27)28)24-16-17-7-3-1-4-8-17/h1-12,15,24H,13-14,16H2,(H,23,26). The monoisotopic (exact) mass is 439 g/mol. The van der Waals surface area contributed by atoms with Gasteiger partial charge in [-0.25, -0.2) is 8.42 Å². The summed E-state index contributed by atoms with van der Waals surface area (Å²) in [5.41, 5.74) is 1.09. The summed E-state index contributed by atoms with van der Waals surface area (Å²) in [5.74, 6) is -0.859. The van der Waals surface area contributed by atoms with Crippen LogP contribution in [0.25, 0.3) is 0 Å². The average molecular weight is 439 g/mol. The summed E-state index contributed by atoms with van der Waals surface area (Å²) < 4.78 is 24.6. The molecule has 0 radical (unpaired) electrons. The van der Waals surface area contributed by atoms with E-state index in [1.165, 1.54) is 30.3 Å². The van der Waals surface area contributed by atoms with Crippen LogP contribution in [0.5, 0.6) is 0 Å². The molecule has 0 spiro atoms. The van der Waals surface area contributed by atoms with Crippen molar-refractivity contribution in [3.63, 3.8) is 0 Å². The fourth-order valence-electron chi connectivity index (χ4n) is 2.91. The maximum atomic E-state index is 12.4. The van der Waals surface area contributed by atoms with E-state index < -0.39 is 20.7 Å². The lowest BCUT2D eigenvalue weighted by Gasteiger charge is -2.10. The van der Waals surface area contributed by atoms with E-state index in [-0.39, 0.29) is 34.1 Å². The van der Waals surface area contributed by atoms with E-state index in [9.17, 15) is 23.3 Å². The third-order valence-corrected chi connectivity index (χ3v) is 6.27. The zero-order chi connectivity index (χ0) is 22.3. The lowest BCUT2D eigenvalue weighted by molar-refractivity contribution is -0.384. The largest absolute Gasteiger partial charge is 0.375 e. The van der Waals surface area contributed by atoms with E-state index in [0.29, 0.717) is 6.54 Å². The van der Waals surface area contributed by atoms with E-state index in [0.717, 1.165) is 5.56 Å². The SMILES string of the molecule is O=C(NCCS(=O)(=O)c1ccccc1)c1ccc(NCc2ccccc2)c([N+](=O)[O-])c1. The average Bonchev–Trinajstić information content (AvgIpc) is 2.78. The normalized spacial score (nSPS) is 11.0. The highest BCUT2D eigenvalue weighted by Gasteiger charge is 2.19. The van der Waals surface area contributed by atoms with Crippen molar-refractivity contribution in [1.29, 1.82) is 0 Å². The molecule has 0 aromatic heterocycles. The lowest BCUT2D eigenvalue weighted by atomic mass is 10.1. The van der Waals surface area contributed by atoms with Crippen LogP contribution in [0, 0.1) is 10.1 Å². The second-order valence-electron chi connectivity index (χ2n) is 6.72. The molecule has 0 unspecified atom stereocenters. The number of hydrogen-bond acceptors (Lipinski definition) is 6. The van der Waals surface area contributed by atoms with Gasteiger partial charge in [-0.05, 0) is 29.8 Å². The predicted octanol–water partition coefficient (Wildman–Crippen LogP) is 3.41. The molecule has 1 amide bonds. The lowest BCUT2D eigenvalue weighted by Crippen LogP contribution is -2.29. The van der Waals surface area contributed by atoms with Crippen LogP contribution in [0.2, 0.25) is 0 Å². The van der Waals surface area contributed by atoms with Gasteiger partial charge < -0.3 is 10.6 Å². The van der Waals surface area contributed by atoms with Gasteiger partial charge in [-0.1, -0.05) is 48.5 Å². The van der Waals surface area contributed by atoms with Crippen LogP contribution in [-0.2, 0) is 16.4 Å². The smallest absolute Gasteiger partial charge is 0.293 e. The summed E-state index contributed by atoms with van der Waals surface area (Å²) >= 11 is 0. The third kappa shape index (κ3) is 5.89. The minimum atomic E-state index is -3.53. The van der Waals surface area contributed by atoms with Crippen LogP contribution in [0.3, 0.4) is 0 Å². The number of benzene rings is 3. The molecule has 0 aliphatic rings. The molecule has 3 rings (SSSR count). The second kappa shape index (κ2) is 9.86. The Hall–Kier alpha value is -3.72. The number of carbonyl (C=O) groups excluding carboxylic acids is 1. The summed E-state index contributed by atoms with van der Waals surface area (Å²) in [6.45, 7) is 0.280. The van der Waals surface area contributed by atoms with Crippen molar-refractivity contribution in [3.05, 3.63) is 100 Å². The number of rotatable bonds is 9. The summed E-state index contributed by atoms with van der Waals surface area (Å²) in [5, 5.41) is 17.0. The molecule has 3 aromatic rings. The van der Waals surface area contributed by atoms with Gasteiger partial charge >= 0.3 is 0 Å². The first kappa shape index (κ1) is 22.0. The molecule has 0 bridgehead atoms. The topological polar surface area (TPSA) is 118 Å². The van der Waals surface area contributed by atoms with Crippen molar-refractivity contribution in [1.82, 2.24) is 5.32 Å². The van der Waals surface area contributed by atoms with Gasteiger partial charge in [0.25, 0.3) is 11.6 Å². The Labute approximate surface area is 180 Å². The van der Waals surface area contributed by atoms with E-state index in [4.69, 9.17) is 0 Å². The highest BCUT2D eigenvalue weighted by Crippen LogP contribution is 2.26. The molecule has 0 atom stereocenters. The maximum absolute atomic E-state index is 12.4. The zero-order valence-corrected chi connectivity index (χ0v) is 17.3. The summed E-state index contributed by atoms with van der Waals surface area (Å²) in [6, 6.07) is 21.4. The van der Waals surface area contributed by atoms with Gasteiger partial charge in [-0.3, -0.25) is 14.9 Å². The summed E-state index contributed by atoms with van der Waals surface area (Å²) in [6.07, 6.45) is 0. The molecule has 0 saturated heterocycles. The number of amides is 1. The van der Waals surface area contributed by atoms with Crippen LogP contribution in [0.15, 0.2) is 83.8 Å². The van der Waals surface area contributed by atoms with Crippen LogP contribution in [0.4, 0.5) is 11.4 Å². The second-order valence-corrected chi connectivity index (χ2v) is 8.83. The summed E-state index contributed by atoms with van der Waals surface area (Å²) in [7, 11) is -3.53. The number of hydrogen-bond donors (Lipinski definition) is 2. The van der Waals surface area contributed by atoms with Gasteiger partial charge in [0.1, 0.15) is 5.69 Å². The van der Waals surface area contributed by atoms with Gasteiger partial charge in [0.05, 0.1) is 15.6 Å². The molecular formula is C22H21N3O5S. The van der Waals surface area contributed by atoms with Gasteiger partial charge in [0.2, 0.25) is 0 Å². The molecule has 160 valence electrons. The van der Waals surface area contributed by atoms with Crippen molar-refractivity contribution in [2.24, 2.45) is 0 Å².